The first kappa shape index (κ1) is 14.5. The number of nitrogens with zero attached hydrogens (tertiary/aromatic N) is 4. The van der Waals surface area contributed by atoms with Crippen LogP contribution in [0.15, 0.2) is 36.0 Å². The number of carbonyl (C=O) groups is 1. The average molecular weight is 290 g/mol. The van der Waals surface area contributed by atoms with Crippen molar-refractivity contribution < 1.29 is 19.0 Å². The number of rotatable bonds is 6. The zero-order valence-corrected chi connectivity index (χ0v) is 11.6. The second-order valence-corrected chi connectivity index (χ2v) is 3.86. The first-order valence-electron chi connectivity index (χ1n) is 5.99. The third-order valence-electron chi connectivity index (χ3n) is 2.51. The Kier molecular flexibility index (Phi) is 4.86. The van der Waals surface area contributed by atoms with Crippen molar-refractivity contribution in [3.05, 3.63) is 36.4 Å². The number of hydrogen-bond acceptors (Lipinski definition) is 7. The molecule has 8 heteroatoms. The van der Waals surface area contributed by atoms with Gasteiger partial charge in [-0.1, -0.05) is 0 Å². The first-order valence-corrected chi connectivity index (χ1v) is 5.99. The Labute approximate surface area is 121 Å². The van der Waals surface area contributed by atoms with Crippen LogP contribution in [0.1, 0.15) is 5.56 Å². The van der Waals surface area contributed by atoms with Gasteiger partial charge in [0.25, 0.3) is 0 Å². The highest BCUT2D eigenvalue weighted by Crippen LogP contribution is 2.27. The predicted octanol–water partition coefficient (Wildman–Crippen LogP) is 0.721. The lowest BCUT2D eigenvalue weighted by Gasteiger charge is -2.10. The van der Waals surface area contributed by atoms with Gasteiger partial charge in [-0.3, -0.25) is 0 Å². The summed E-state index contributed by atoms with van der Waals surface area (Å²) in [5.41, 5.74) is 0.797. The highest BCUT2D eigenvalue weighted by Gasteiger charge is 2.08. The van der Waals surface area contributed by atoms with Crippen molar-refractivity contribution in [2.45, 2.75) is 0 Å². The van der Waals surface area contributed by atoms with Crippen LogP contribution < -0.4 is 9.47 Å². The van der Waals surface area contributed by atoms with E-state index in [-0.39, 0.29) is 6.61 Å². The van der Waals surface area contributed by atoms with Gasteiger partial charge in [0.15, 0.2) is 18.1 Å². The molecule has 2 rings (SSSR count). The number of methoxy groups -OCH3 is 2. The van der Waals surface area contributed by atoms with Gasteiger partial charge in [0.2, 0.25) is 0 Å². The van der Waals surface area contributed by atoms with E-state index in [1.807, 2.05) is 0 Å². The van der Waals surface area contributed by atoms with Crippen molar-refractivity contribution in [1.82, 2.24) is 14.9 Å². The highest BCUT2D eigenvalue weighted by atomic mass is 16.6. The van der Waals surface area contributed by atoms with Crippen molar-refractivity contribution >= 4 is 12.2 Å². The summed E-state index contributed by atoms with van der Waals surface area (Å²) in [5.74, 6) is 0.478. The van der Waals surface area contributed by atoms with Gasteiger partial charge in [-0.2, -0.15) is 5.10 Å². The molecular weight excluding hydrogens is 276 g/mol. The molecule has 0 N–H and O–H groups in total. The highest BCUT2D eigenvalue weighted by molar-refractivity contribution is 5.81. The van der Waals surface area contributed by atoms with Crippen LogP contribution in [-0.2, 0) is 9.53 Å². The molecule has 8 nitrogen and oxygen atoms in total. The van der Waals surface area contributed by atoms with E-state index in [4.69, 9.17) is 9.47 Å². The van der Waals surface area contributed by atoms with Crippen molar-refractivity contribution in [3.63, 3.8) is 0 Å². The molecule has 2 aromatic rings. The summed E-state index contributed by atoms with van der Waals surface area (Å²) in [4.78, 5) is 11.1. The number of aromatic nitrogens is 3. The van der Waals surface area contributed by atoms with Gasteiger partial charge in [0.05, 0.1) is 20.4 Å². The molecule has 0 aliphatic carbocycles. The minimum absolute atomic E-state index is 0.180. The molecule has 0 saturated carbocycles. The predicted molar refractivity (Wildman–Crippen MR) is 73.5 cm³/mol. The van der Waals surface area contributed by atoms with Gasteiger partial charge in [-0.15, -0.1) is 10.2 Å². The Bertz CT molecular complexity index is 625. The Morgan fingerprint density at radius 2 is 2.05 bits per heavy atom. The van der Waals surface area contributed by atoms with Crippen LogP contribution in [-0.4, -0.2) is 47.9 Å². The van der Waals surface area contributed by atoms with Crippen LogP contribution in [0.25, 0.3) is 0 Å². The molecule has 0 atom stereocenters. The van der Waals surface area contributed by atoms with Gasteiger partial charge in [-0.25, -0.2) is 9.47 Å². The fourth-order valence-corrected chi connectivity index (χ4v) is 1.47. The number of ether oxygens (including phenoxy) is 3. The molecule has 1 aromatic carbocycles. The van der Waals surface area contributed by atoms with Crippen LogP contribution in [0.4, 0.5) is 0 Å². The molecule has 0 aliphatic rings. The maximum atomic E-state index is 11.1. The number of benzene rings is 1. The van der Waals surface area contributed by atoms with Gasteiger partial charge < -0.3 is 14.2 Å². The van der Waals surface area contributed by atoms with E-state index >= 15 is 0 Å². The molecular formula is C13H14N4O4. The number of hydrogen-bond donors (Lipinski definition) is 0. The summed E-state index contributed by atoms with van der Waals surface area (Å²) in [6.07, 6.45) is 4.57. The summed E-state index contributed by atoms with van der Waals surface area (Å²) in [6, 6.07) is 5.21. The molecule has 0 bridgehead atoms. The molecule has 0 amide bonds. The summed E-state index contributed by atoms with van der Waals surface area (Å²) in [5, 5.41) is 11.4. The lowest BCUT2D eigenvalue weighted by Crippen LogP contribution is -2.13. The largest absolute Gasteiger partial charge is 0.493 e. The lowest BCUT2D eigenvalue weighted by atomic mass is 10.2. The molecule has 0 aliphatic heterocycles. The Hall–Kier alpha value is -2.90. The minimum Gasteiger partial charge on any atom is -0.493 e. The molecule has 0 saturated heterocycles. The standard InChI is InChI=1S/C13H14N4O4/c1-19-12-5-10(6-16-17-8-14-15-9-17)3-4-11(12)21-7-13(18)20-2/h3-6,8-9H,7H2,1-2H3/b16-6-. The van der Waals surface area contributed by atoms with Gasteiger partial charge in [0, 0.05) is 0 Å². The van der Waals surface area contributed by atoms with Crippen LogP contribution in [0.2, 0.25) is 0 Å². The smallest absolute Gasteiger partial charge is 0.343 e. The topological polar surface area (TPSA) is 87.8 Å². The first-order chi connectivity index (χ1) is 10.2. The van der Waals surface area contributed by atoms with Crippen LogP contribution in [0.3, 0.4) is 0 Å². The molecule has 0 spiro atoms. The number of esters is 1. The monoisotopic (exact) mass is 290 g/mol. The third-order valence-corrected chi connectivity index (χ3v) is 2.51. The van der Waals surface area contributed by atoms with Crippen molar-refractivity contribution in [3.8, 4) is 11.5 Å². The second kappa shape index (κ2) is 7.04. The third kappa shape index (κ3) is 4.03. The zero-order valence-electron chi connectivity index (χ0n) is 11.6. The minimum atomic E-state index is -0.463. The quantitative estimate of drug-likeness (QED) is 0.575. The fourth-order valence-electron chi connectivity index (χ4n) is 1.47. The summed E-state index contributed by atoms with van der Waals surface area (Å²) in [6.45, 7) is -0.180. The van der Waals surface area contributed by atoms with E-state index in [2.05, 4.69) is 20.0 Å². The van der Waals surface area contributed by atoms with E-state index in [0.29, 0.717) is 11.5 Å². The van der Waals surface area contributed by atoms with Crippen molar-refractivity contribution in [2.24, 2.45) is 5.10 Å². The Morgan fingerprint density at radius 3 is 2.71 bits per heavy atom. The maximum Gasteiger partial charge on any atom is 0.343 e. The lowest BCUT2D eigenvalue weighted by molar-refractivity contribution is -0.142. The molecule has 1 heterocycles. The normalized spacial score (nSPS) is 10.6. The molecule has 110 valence electrons. The van der Waals surface area contributed by atoms with E-state index < -0.39 is 5.97 Å². The average Bonchev–Trinajstić information content (AvgIpc) is 3.04. The summed E-state index contributed by atoms with van der Waals surface area (Å²) in [7, 11) is 2.81. The molecule has 0 unspecified atom stereocenters. The Balaban J connectivity index is 2.10. The van der Waals surface area contributed by atoms with Gasteiger partial charge in [0.1, 0.15) is 12.7 Å². The van der Waals surface area contributed by atoms with E-state index in [1.165, 1.54) is 31.6 Å². The fraction of sp³-hybridized carbons (Fsp3) is 0.231. The molecule has 21 heavy (non-hydrogen) atoms. The van der Waals surface area contributed by atoms with Gasteiger partial charge >= 0.3 is 5.97 Å². The van der Waals surface area contributed by atoms with Crippen LogP contribution in [0, 0.1) is 0 Å². The number of carbonyl (C=O) groups excluding carboxylic acids is 1. The summed E-state index contributed by atoms with van der Waals surface area (Å²) >= 11 is 0. The Morgan fingerprint density at radius 1 is 1.29 bits per heavy atom. The molecule has 0 fully saturated rings. The SMILES string of the molecule is COC(=O)COc1ccc(/C=N\n2cnnc2)cc1OC. The maximum absolute atomic E-state index is 11.1. The van der Waals surface area contributed by atoms with Crippen LogP contribution in [0.5, 0.6) is 11.5 Å². The summed E-state index contributed by atoms with van der Waals surface area (Å²) < 4.78 is 16.5. The van der Waals surface area contributed by atoms with Gasteiger partial charge in [-0.05, 0) is 23.8 Å². The van der Waals surface area contributed by atoms with E-state index in [0.717, 1.165) is 5.56 Å². The van der Waals surface area contributed by atoms with Crippen molar-refractivity contribution in [2.75, 3.05) is 20.8 Å². The van der Waals surface area contributed by atoms with E-state index in [1.54, 1.807) is 24.4 Å². The van der Waals surface area contributed by atoms with Crippen LogP contribution >= 0.6 is 0 Å². The van der Waals surface area contributed by atoms with E-state index in [9.17, 15) is 4.79 Å². The van der Waals surface area contributed by atoms with Crippen molar-refractivity contribution in [1.29, 1.82) is 0 Å². The second-order valence-electron chi connectivity index (χ2n) is 3.86. The zero-order chi connectivity index (χ0) is 15.1. The molecule has 0 radical (unpaired) electrons. The molecule has 1 aromatic heterocycles.